The summed E-state index contributed by atoms with van der Waals surface area (Å²) < 4.78 is 61.6. The van der Waals surface area contributed by atoms with E-state index in [-0.39, 0.29) is 6.54 Å². The SMILES string of the molecule is CCCN1CCC(OS(=O)(=O)C(F)(F)F)C1. The third-order valence-corrected chi connectivity index (χ3v) is 3.41. The van der Waals surface area contributed by atoms with Crippen molar-refractivity contribution >= 4 is 10.1 Å². The van der Waals surface area contributed by atoms with Crippen molar-refractivity contribution in [2.75, 3.05) is 19.6 Å². The Balaban J connectivity index is 2.52. The first-order chi connectivity index (χ1) is 7.26. The van der Waals surface area contributed by atoms with Crippen molar-refractivity contribution in [2.45, 2.75) is 31.4 Å². The normalized spacial score (nSPS) is 23.9. The Morgan fingerprint density at radius 3 is 2.56 bits per heavy atom. The molecule has 0 aliphatic carbocycles. The number of halogens is 3. The van der Waals surface area contributed by atoms with Crippen LogP contribution in [0.5, 0.6) is 0 Å². The highest BCUT2D eigenvalue weighted by Gasteiger charge is 2.49. The topological polar surface area (TPSA) is 46.6 Å². The Morgan fingerprint density at radius 1 is 1.44 bits per heavy atom. The van der Waals surface area contributed by atoms with Crippen LogP contribution >= 0.6 is 0 Å². The van der Waals surface area contributed by atoms with Gasteiger partial charge in [-0.05, 0) is 19.4 Å². The molecule has 1 rings (SSSR count). The Labute approximate surface area is 92.5 Å². The maximum absolute atomic E-state index is 12.0. The minimum atomic E-state index is -5.45. The molecule has 0 N–H and O–H groups in total. The first kappa shape index (κ1) is 13.7. The summed E-state index contributed by atoms with van der Waals surface area (Å²) in [6, 6.07) is 0. The van der Waals surface area contributed by atoms with Crippen LogP contribution in [-0.2, 0) is 14.3 Å². The van der Waals surface area contributed by atoms with Gasteiger partial charge in [0.2, 0.25) is 0 Å². The van der Waals surface area contributed by atoms with Gasteiger partial charge >= 0.3 is 15.6 Å². The van der Waals surface area contributed by atoms with Gasteiger partial charge in [-0.2, -0.15) is 21.6 Å². The standard InChI is InChI=1S/C8H14F3NO3S/c1-2-4-12-5-3-7(6-12)15-16(13,14)8(9,10)11/h7H,2-6H2,1H3. The molecule has 1 fully saturated rings. The molecule has 0 bridgehead atoms. The lowest BCUT2D eigenvalue weighted by atomic mass is 10.3. The number of alkyl halides is 3. The minimum Gasteiger partial charge on any atom is -0.301 e. The second-order valence-corrected chi connectivity index (χ2v) is 5.27. The van der Waals surface area contributed by atoms with Crippen molar-refractivity contribution in [3.8, 4) is 0 Å². The molecule has 0 spiro atoms. The van der Waals surface area contributed by atoms with Crippen LogP contribution < -0.4 is 0 Å². The zero-order valence-electron chi connectivity index (χ0n) is 8.83. The Morgan fingerprint density at radius 2 is 2.06 bits per heavy atom. The van der Waals surface area contributed by atoms with Crippen molar-refractivity contribution < 1.29 is 25.8 Å². The van der Waals surface area contributed by atoms with E-state index >= 15 is 0 Å². The van der Waals surface area contributed by atoms with E-state index in [1.807, 2.05) is 11.8 Å². The van der Waals surface area contributed by atoms with Gasteiger partial charge in [-0.25, -0.2) is 0 Å². The number of likely N-dealkylation sites (tertiary alicyclic amines) is 1. The van der Waals surface area contributed by atoms with Crippen molar-refractivity contribution in [3.05, 3.63) is 0 Å². The zero-order valence-corrected chi connectivity index (χ0v) is 9.64. The molecule has 0 aromatic heterocycles. The Hall–Kier alpha value is -0.340. The maximum Gasteiger partial charge on any atom is 0.523 e. The van der Waals surface area contributed by atoms with Crippen LogP contribution in [0.25, 0.3) is 0 Å². The molecule has 0 aromatic carbocycles. The summed E-state index contributed by atoms with van der Waals surface area (Å²) in [6.45, 7) is 3.50. The van der Waals surface area contributed by atoms with Gasteiger partial charge in [0.1, 0.15) is 0 Å². The lowest BCUT2D eigenvalue weighted by Crippen LogP contribution is -2.32. The average molecular weight is 261 g/mol. The molecule has 1 unspecified atom stereocenters. The van der Waals surface area contributed by atoms with Crippen molar-refractivity contribution in [1.29, 1.82) is 0 Å². The highest BCUT2D eigenvalue weighted by molar-refractivity contribution is 7.87. The molecule has 1 saturated heterocycles. The van der Waals surface area contributed by atoms with E-state index in [1.54, 1.807) is 0 Å². The smallest absolute Gasteiger partial charge is 0.301 e. The number of rotatable bonds is 4. The molecule has 4 nitrogen and oxygen atoms in total. The van der Waals surface area contributed by atoms with Crippen LogP contribution in [0.2, 0.25) is 0 Å². The number of nitrogens with zero attached hydrogens (tertiary/aromatic N) is 1. The summed E-state index contributed by atoms with van der Waals surface area (Å²) in [4.78, 5) is 1.89. The average Bonchev–Trinajstić information content (AvgIpc) is 2.50. The predicted octanol–water partition coefficient (Wildman–Crippen LogP) is 1.34. The van der Waals surface area contributed by atoms with Gasteiger partial charge < -0.3 is 4.90 Å². The van der Waals surface area contributed by atoms with Gasteiger partial charge in [-0.15, -0.1) is 0 Å². The van der Waals surface area contributed by atoms with E-state index < -0.39 is 21.7 Å². The van der Waals surface area contributed by atoms with Crippen LogP contribution in [0.1, 0.15) is 19.8 Å². The van der Waals surface area contributed by atoms with Gasteiger partial charge in [-0.3, -0.25) is 4.18 Å². The molecule has 0 amide bonds. The molecule has 1 heterocycles. The first-order valence-corrected chi connectivity index (χ1v) is 6.39. The summed E-state index contributed by atoms with van der Waals surface area (Å²) in [5.74, 6) is 0. The third kappa shape index (κ3) is 3.33. The number of hydrogen-bond donors (Lipinski definition) is 0. The molecule has 8 heteroatoms. The summed E-state index contributed by atoms with van der Waals surface area (Å²) in [5, 5.41) is 0. The van der Waals surface area contributed by atoms with Crippen LogP contribution in [-0.4, -0.2) is 44.6 Å². The summed E-state index contributed by atoms with van der Waals surface area (Å²) in [5.41, 5.74) is -5.33. The fourth-order valence-corrected chi connectivity index (χ4v) is 2.25. The number of hydrogen-bond acceptors (Lipinski definition) is 4. The quantitative estimate of drug-likeness (QED) is 0.566. The van der Waals surface area contributed by atoms with Crippen LogP contribution in [0.15, 0.2) is 0 Å². The zero-order chi connectivity index (χ0) is 12.4. The van der Waals surface area contributed by atoms with Gasteiger partial charge in [0.25, 0.3) is 0 Å². The largest absolute Gasteiger partial charge is 0.523 e. The lowest BCUT2D eigenvalue weighted by molar-refractivity contribution is -0.0569. The molecular formula is C8H14F3NO3S. The molecule has 1 atom stereocenters. The third-order valence-electron chi connectivity index (χ3n) is 2.32. The van der Waals surface area contributed by atoms with Crippen LogP contribution in [0, 0.1) is 0 Å². The highest BCUT2D eigenvalue weighted by Crippen LogP contribution is 2.27. The molecule has 16 heavy (non-hydrogen) atoms. The van der Waals surface area contributed by atoms with Gasteiger partial charge in [-0.1, -0.05) is 6.92 Å². The molecule has 0 saturated carbocycles. The minimum absolute atomic E-state index is 0.239. The van der Waals surface area contributed by atoms with Crippen LogP contribution in [0.3, 0.4) is 0 Å². The second kappa shape index (κ2) is 4.89. The first-order valence-electron chi connectivity index (χ1n) is 4.98. The summed E-state index contributed by atoms with van der Waals surface area (Å²) in [6.07, 6.45) is 0.312. The van der Waals surface area contributed by atoms with Crippen molar-refractivity contribution in [1.82, 2.24) is 4.90 Å². The molecule has 1 aliphatic heterocycles. The van der Waals surface area contributed by atoms with E-state index in [4.69, 9.17) is 0 Å². The monoisotopic (exact) mass is 261 g/mol. The van der Waals surface area contributed by atoms with Crippen molar-refractivity contribution in [2.24, 2.45) is 0 Å². The molecule has 96 valence electrons. The van der Waals surface area contributed by atoms with Gasteiger partial charge in [0.05, 0.1) is 6.10 Å². The lowest BCUT2D eigenvalue weighted by Gasteiger charge is -2.15. The molecule has 0 aromatic rings. The van der Waals surface area contributed by atoms with E-state index in [0.29, 0.717) is 13.0 Å². The van der Waals surface area contributed by atoms with E-state index in [9.17, 15) is 21.6 Å². The molecular weight excluding hydrogens is 247 g/mol. The molecule has 1 aliphatic rings. The van der Waals surface area contributed by atoms with E-state index in [1.165, 1.54) is 0 Å². The fraction of sp³-hybridized carbons (Fsp3) is 1.00. The fourth-order valence-electron chi connectivity index (χ4n) is 1.63. The predicted molar refractivity (Wildman–Crippen MR) is 51.2 cm³/mol. The Bertz CT molecular complexity index is 328. The second-order valence-electron chi connectivity index (χ2n) is 3.71. The van der Waals surface area contributed by atoms with E-state index in [0.717, 1.165) is 13.0 Å². The molecule has 0 radical (unpaired) electrons. The van der Waals surface area contributed by atoms with Crippen molar-refractivity contribution in [3.63, 3.8) is 0 Å². The maximum atomic E-state index is 12.0. The summed E-state index contributed by atoms with van der Waals surface area (Å²) >= 11 is 0. The van der Waals surface area contributed by atoms with Gasteiger partial charge in [0, 0.05) is 13.1 Å². The van der Waals surface area contributed by atoms with E-state index in [2.05, 4.69) is 4.18 Å². The van der Waals surface area contributed by atoms with Gasteiger partial charge in [0.15, 0.2) is 0 Å². The summed E-state index contributed by atoms with van der Waals surface area (Å²) in [7, 11) is -5.45. The highest BCUT2D eigenvalue weighted by atomic mass is 32.2. The Kier molecular flexibility index (Phi) is 4.19. The van der Waals surface area contributed by atoms with Crippen LogP contribution in [0.4, 0.5) is 13.2 Å².